The van der Waals surface area contributed by atoms with E-state index in [9.17, 15) is 0 Å². The molecule has 0 fully saturated rings. The molecule has 0 saturated heterocycles. The van der Waals surface area contributed by atoms with Crippen LogP contribution >= 0.6 is 0 Å². The number of aryl methyl sites for hydroxylation is 3. The quantitative estimate of drug-likeness (QED) is 0.926. The van der Waals surface area contributed by atoms with Crippen LogP contribution < -0.4 is 5.32 Å². The second-order valence-corrected chi connectivity index (χ2v) is 7.05. The third-order valence-corrected chi connectivity index (χ3v) is 4.83. The first-order chi connectivity index (χ1) is 12.0. The van der Waals surface area contributed by atoms with Crippen LogP contribution in [0.5, 0.6) is 0 Å². The summed E-state index contributed by atoms with van der Waals surface area (Å²) in [7, 11) is 0. The van der Waals surface area contributed by atoms with Gasteiger partial charge in [-0.2, -0.15) is 5.10 Å². The van der Waals surface area contributed by atoms with Gasteiger partial charge in [-0.1, -0.05) is 41.5 Å². The fourth-order valence-electron chi connectivity index (χ4n) is 3.48. The summed E-state index contributed by atoms with van der Waals surface area (Å²) in [5.41, 5.74) is 8.56. The zero-order valence-electron chi connectivity index (χ0n) is 15.3. The standard InChI is InChI=1S/C21H24N4/c1-14-5-8-18(9-6-14)21-19(13-25-17(4)11-16(3)23-25)24-12-15(2)7-10-20(24)22-21/h5-11,22H,12-13H2,1-4H3. The fraction of sp³-hybridized carbons (Fsp3) is 0.286. The number of hydrogen-bond acceptors (Lipinski definition) is 3. The predicted molar refractivity (Wildman–Crippen MR) is 101 cm³/mol. The molecule has 0 radical (unpaired) electrons. The molecule has 0 unspecified atom stereocenters. The first-order valence-electron chi connectivity index (χ1n) is 8.74. The van der Waals surface area contributed by atoms with Gasteiger partial charge in [-0.3, -0.25) is 4.68 Å². The van der Waals surface area contributed by atoms with E-state index in [-0.39, 0.29) is 0 Å². The van der Waals surface area contributed by atoms with Gasteiger partial charge in [0.25, 0.3) is 0 Å². The highest BCUT2D eigenvalue weighted by molar-refractivity contribution is 5.72. The van der Waals surface area contributed by atoms with Crippen molar-refractivity contribution >= 4 is 5.70 Å². The Morgan fingerprint density at radius 1 is 1.04 bits per heavy atom. The number of nitrogens with one attached hydrogen (secondary N) is 1. The number of allylic oxidation sites excluding steroid dienone is 3. The molecule has 0 aliphatic carbocycles. The Labute approximate surface area is 149 Å². The summed E-state index contributed by atoms with van der Waals surface area (Å²) in [5, 5.41) is 8.29. The van der Waals surface area contributed by atoms with Crippen molar-refractivity contribution < 1.29 is 0 Å². The molecule has 1 aromatic heterocycles. The maximum Gasteiger partial charge on any atom is 0.110 e. The van der Waals surface area contributed by atoms with Crippen LogP contribution in [-0.4, -0.2) is 21.2 Å². The number of nitrogens with zero attached hydrogens (tertiary/aromatic N) is 3. The molecule has 25 heavy (non-hydrogen) atoms. The van der Waals surface area contributed by atoms with E-state index < -0.39 is 0 Å². The van der Waals surface area contributed by atoms with Gasteiger partial charge in [0.15, 0.2) is 0 Å². The highest BCUT2D eigenvalue weighted by atomic mass is 15.4. The molecule has 2 aliphatic heterocycles. The number of benzene rings is 1. The van der Waals surface area contributed by atoms with E-state index in [0.29, 0.717) is 0 Å². The predicted octanol–water partition coefficient (Wildman–Crippen LogP) is 3.88. The van der Waals surface area contributed by atoms with Gasteiger partial charge in [0.05, 0.1) is 23.6 Å². The molecule has 2 aromatic rings. The van der Waals surface area contributed by atoms with Gasteiger partial charge in [0.1, 0.15) is 5.82 Å². The summed E-state index contributed by atoms with van der Waals surface area (Å²) in [6, 6.07) is 10.9. The van der Waals surface area contributed by atoms with Crippen LogP contribution in [0.15, 0.2) is 59.6 Å². The lowest BCUT2D eigenvalue weighted by atomic mass is 10.1. The van der Waals surface area contributed by atoms with E-state index in [2.05, 4.69) is 83.3 Å². The summed E-state index contributed by atoms with van der Waals surface area (Å²) >= 11 is 0. The van der Waals surface area contributed by atoms with Crippen molar-refractivity contribution in [1.29, 1.82) is 0 Å². The summed E-state index contributed by atoms with van der Waals surface area (Å²) < 4.78 is 2.09. The lowest BCUT2D eigenvalue weighted by Crippen LogP contribution is -2.27. The van der Waals surface area contributed by atoms with E-state index in [1.54, 1.807) is 0 Å². The van der Waals surface area contributed by atoms with Crippen LogP contribution in [0.1, 0.15) is 29.4 Å². The van der Waals surface area contributed by atoms with Crippen molar-refractivity contribution in [3.05, 3.63) is 82.1 Å². The zero-order valence-corrected chi connectivity index (χ0v) is 15.3. The number of rotatable bonds is 3. The normalized spacial score (nSPS) is 16.6. The molecule has 4 rings (SSSR count). The Kier molecular flexibility index (Phi) is 3.75. The molecule has 0 saturated carbocycles. The molecule has 128 valence electrons. The highest BCUT2D eigenvalue weighted by Crippen LogP contribution is 2.33. The first-order valence-corrected chi connectivity index (χ1v) is 8.74. The van der Waals surface area contributed by atoms with Crippen LogP contribution in [0.3, 0.4) is 0 Å². The molecule has 0 amide bonds. The van der Waals surface area contributed by atoms with Crippen molar-refractivity contribution in [3.63, 3.8) is 0 Å². The smallest absolute Gasteiger partial charge is 0.110 e. The Hall–Kier alpha value is -2.75. The molecular formula is C21H24N4. The zero-order chi connectivity index (χ0) is 17.6. The molecule has 0 bridgehead atoms. The summed E-state index contributed by atoms with van der Waals surface area (Å²) in [5.74, 6) is 1.15. The first kappa shape index (κ1) is 15.8. The van der Waals surface area contributed by atoms with Crippen LogP contribution in [0.4, 0.5) is 0 Å². The largest absolute Gasteiger partial charge is 0.340 e. The molecular weight excluding hydrogens is 308 g/mol. The maximum absolute atomic E-state index is 4.67. The van der Waals surface area contributed by atoms with Crippen molar-refractivity contribution in [2.45, 2.75) is 34.2 Å². The van der Waals surface area contributed by atoms with E-state index in [1.165, 1.54) is 33.8 Å². The molecule has 1 N–H and O–H groups in total. The Morgan fingerprint density at radius 2 is 1.80 bits per heavy atom. The highest BCUT2D eigenvalue weighted by Gasteiger charge is 2.29. The molecule has 4 heteroatoms. The number of fused-ring (bicyclic) bond motifs is 1. The van der Waals surface area contributed by atoms with Gasteiger partial charge in [-0.05, 0) is 45.4 Å². The lowest BCUT2D eigenvalue weighted by molar-refractivity contribution is 0.425. The van der Waals surface area contributed by atoms with E-state index >= 15 is 0 Å². The second-order valence-electron chi connectivity index (χ2n) is 7.05. The molecule has 0 atom stereocenters. The summed E-state index contributed by atoms with van der Waals surface area (Å²) in [6.07, 6.45) is 4.36. The maximum atomic E-state index is 4.67. The minimum Gasteiger partial charge on any atom is -0.340 e. The van der Waals surface area contributed by atoms with Crippen LogP contribution in [0, 0.1) is 20.8 Å². The summed E-state index contributed by atoms with van der Waals surface area (Å²) in [6.45, 7) is 10.1. The minimum absolute atomic E-state index is 0.764. The minimum atomic E-state index is 0.764. The third kappa shape index (κ3) is 2.88. The molecule has 1 aromatic carbocycles. The molecule has 3 heterocycles. The van der Waals surface area contributed by atoms with Gasteiger partial charge in [-0.25, -0.2) is 0 Å². The monoisotopic (exact) mass is 332 g/mol. The second kappa shape index (κ2) is 5.96. The average Bonchev–Trinajstić information content (AvgIpc) is 3.08. The van der Waals surface area contributed by atoms with Crippen molar-refractivity contribution in [3.8, 4) is 0 Å². The van der Waals surface area contributed by atoms with Gasteiger partial charge >= 0.3 is 0 Å². The Bertz CT molecular complexity index is 910. The SMILES string of the molecule is CC1=CC=C2NC(c3ccc(C)cc3)=C(Cn3nc(C)cc3C)N2C1. The lowest BCUT2D eigenvalue weighted by Gasteiger charge is -2.26. The van der Waals surface area contributed by atoms with Crippen LogP contribution in [0.2, 0.25) is 0 Å². The Balaban J connectivity index is 1.78. The van der Waals surface area contributed by atoms with Gasteiger partial charge < -0.3 is 10.2 Å². The van der Waals surface area contributed by atoms with Gasteiger partial charge in [0, 0.05) is 12.2 Å². The molecule has 4 nitrogen and oxygen atoms in total. The molecule has 2 aliphatic rings. The van der Waals surface area contributed by atoms with Crippen LogP contribution in [0.25, 0.3) is 5.70 Å². The Morgan fingerprint density at radius 3 is 2.48 bits per heavy atom. The molecule has 0 spiro atoms. The van der Waals surface area contributed by atoms with Crippen molar-refractivity contribution in [1.82, 2.24) is 20.0 Å². The third-order valence-electron chi connectivity index (χ3n) is 4.83. The number of hydrogen-bond donors (Lipinski definition) is 1. The van der Waals surface area contributed by atoms with Crippen LogP contribution in [-0.2, 0) is 6.54 Å². The van der Waals surface area contributed by atoms with Gasteiger partial charge in [-0.15, -0.1) is 0 Å². The van der Waals surface area contributed by atoms with E-state index in [0.717, 1.165) is 24.6 Å². The fourth-order valence-corrected chi connectivity index (χ4v) is 3.48. The number of aromatic nitrogens is 2. The van der Waals surface area contributed by atoms with Crippen molar-refractivity contribution in [2.24, 2.45) is 0 Å². The summed E-state index contributed by atoms with van der Waals surface area (Å²) in [4.78, 5) is 2.38. The van der Waals surface area contributed by atoms with Crippen molar-refractivity contribution in [2.75, 3.05) is 6.54 Å². The average molecular weight is 332 g/mol. The van der Waals surface area contributed by atoms with E-state index in [1.807, 2.05) is 6.92 Å². The van der Waals surface area contributed by atoms with Gasteiger partial charge in [0.2, 0.25) is 0 Å². The van der Waals surface area contributed by atoms with E-state index in [4.69, 9.17) is 0 Å². The topological polar surface area (TPSA) is 33.1 Å².